The van der Waals surface area contributed by atoms with Gasteiger partial charge in [-0.15, -0.1) is 0 Å². The summed E-state index contributed by atoms with van der Waals surface area (Å²) >= 11 is 0. The third-order valence-corrected chi connectivity index (χ3v) is 2.18. The van der Waals surface area contributed by atoms with Crippen LogP contribution in [0.1, 0.15) is 16.2 Å². The summed E-state index contributed by atoms with van der Waals surface area (Å²) in [7, 11) is 2.78. The van der Waals surface area contributed by atoms with Gasteiger partial charge in [-0.05, 0) is 6.92 Å². The van der Waals surface area contributed by atoms with Crippen molar-refractivity contribution in [1.29, 1.82) is 0 Å². The number of hydrogen-bond donors (Lipinski definition) is 2. The first-order chi connectivity index (χ1) is 8.58. The Kier molecular flexibility index (Phi) is 5.47. The van der Waals surface area contributed by atoms with Crippen LogP contribution in [0, 0.1) is 6.92 Å². The largest absolute Gasteiger partial charge is 0.465 e. The summed E-state index contributed by atoms with van der Waals surface area (Å²) in [6.07, 6.45) is 0.704. The van der Waals surface area contributed by atoms with Crippen LogP contribution in [0.15, 0.2) is 6.20 Å². The lowest BCUT2D eigenvalue weighted by molar-refractivity contribution is 0.0599. The highest BCUT2D eigenvalue weighted by Crippen LogP contribution is 2.12. The summed E-state index contributed by atoms with van der Waals surface area (Å²) in [5.41, 5.74) is 0.229. The first-order valence-electron chi connectivity index (χ1n) is 5.41. The zero-order valence-corrected chi connectivity index (χ0v) is 10.6. The maximum Gasteiger partial charge on any atom is 0.343 e. The first kappa shape index (κ1) is 14.3. The molecule has 0 aromatic carbocycles. The van der Waals surface area contributed by atoms with E-state index in [1.807, 2.05) is 0 Å². The highest BCUT2D eigenvalue weighted by Gasteiger charge is 2.15. The second-order valence-electron chi connectivity index (χ2n) is 3.66. The van der Waals surface area contributed by atoms with Crippen molar-refractivity contribution in [2.45, 2.75) is 13.0 Å². The van der Waals surface area contributed by atoms with E-state index >= 15 is 0 Å². The Morgan fingerprint density at radius 1 is 1.56 bits per heavy atom. The maximum atomic E-state index is 11.5. The van der Waals surface area contributed by atoms with Crippen molar-refractivity contribution in [3.63, 3.8) is 0 Å². The van der Waals surface area contributed by atoms with E-state index < -0.39 is 12.1 Å². The maximum absolute atomic E-state index is 11.5. The molecule has 7 heteroatoms. The normalized spacial score (nSPS) is 12.0. The molecule has 0 saturated carbocycles. The molecule has 0 fully saturated rings. The lowest BCUT2D eigenvalue weighted by Crippen LogP contribution is -2.25. The number of aliphatic hydroxyl groups excluding tert-OH is 1. The number of aliphatic hydroxyl groups is 1. The van der Waals surface area contributed by atoms with Crippen LogP contribution in [0.25, 0.3) is 0 Å². The quantitative estimate of drug-likeness (QED) is 0.690. The van der Waals surface area contributed by atoms with Crippen LogP contribution >= 0.6 is 0 Å². The Labute approximate surface area is 105 Å². The van der Waals surface area contributed by atoms with E-state index in [9.17, 15) is 9.90 Å². The molecule has 7 nitrogen and oxygen atoms in total. The standard InChI is InChI=1S/C11H17N3O4/c1-7-12-5-9(11(16)18-3)10(14-7)13-4-8(15)6-17-2/h5,8,15H,4,6H2,1-3H3,(H,12,13,14). The summed E-state index contributed by atoms with van der Waals surface area (Å²) in [6, 6.07) is 0. The van der Waals surface area contributed by atoms with Crippen molar-refractivity contribution in [2.75, 3.05) is 32.7 Å². The van der Waals surface area contributed by atoms with Gasteiger partial charge in [0.05, 0.1) is 19.8 Å². The molecular weight excluding hydrogens is 238 g/mol. The number of hydrogen-bond acceptors (Lipinski definition) is 7. The molecule has 0 radical (unpaired) electrons. The topological polar surface area (TPSA) is 93.6 Å². The van der Waals surface area contributed by atoms with Crippen molar-refractivity contribution in [3.05, 3.63) is 17.6 Å². The fourth-order valence-electron chi connectivity index (χ4n) is 1.33. The van der Waals surface area contributed by atoms with Gasteiger partial charge in [0.1, 0.15) is 17.2 Å². The Balaban J connectivity index is 2.79. The van der Waals surface area contributed by atoms with Gasteiger partial charge in [-0.1, -0.05) is 0 Å². The molecule has 0 aliphatic carbocycles. The average Bonchev–Trinajstić information content (AvgIpc) is 2.36. The fraction of sp³-hybridized carbons (Fsp3) is 0.545. The van der Waals surface area contributed by atoms with Gasteiger partial charge in [0.2, 0.25) is 0 Å². The molecule has 0 saturated heterocycles. The van der Waals surface area contributed by atoms with E-state index in [1.54, 1.807) is 6.92 Å². The zero-order valence-electron chi connectivity index (χ0n) is 10.6. The van der Waals surface area contributed by atoms with Gasteiger partial charge >= 0.3 is 5.97 Å². The van der Waals surface area contributed by atoms with Crippen LogP contribution in [0.5, 0.6) is 0 Å². The zero-order chi connectivity index (χ0) is 13.5. The molecule has 1 unspecified atom stereocenters. The van der Waals surface area contributed by atoms with Gasteiger partial charge in [0.15, 0.2) is 0 Å². The molecule has 18 heavy (non-hydrogen) atoms. The second-order valence-corrected chi connectivity index (χ2v) is 3.66. The number of carbonyl (C=O) groups excluding carboxylic acids is 1. The van der Waals surface area contributed by atoms with Crippen molar-refractivity contribution in [2.24, 2.45) is 0 Å². The van der Waals surface area contributed by atoms with Crippen molar-refractivity contribution in [3.8, 4) is 0 Å². The van der Waals surface area contributed by atoms with E-state index in [-0.39, 0.29) is 18.7 Å². The lowest BCUT2D eigenvalue weighted by Gasteiger charge is -2.13. The predicted octanol–water partition coefficient (Wildman–Crippen LogP) is -0.00918. The van der Waals surface area contributed by atoms with Gasteiger partial charge in [-0.2, -0.15) is 0 Å². The summed E-state index contributed by atoms with van der Waals surface area (Å²) < 4.78 is 9.43. The number of rotatable bonds is 6. The van der Waals surface area contributed by atoms with Crippen molar-refractivity contribution in [1.82, 2.24) is 9.97 Å². The number of aryl methyl sites for hydroxylation is 1. The van der Waals surface area contributed by atoms with E-state index in [0.717, 1.165) is 0 Å². The van der Waals surface area contributed by atoms with Crippen LogP contribution in [0.2, 0.25) is 0 Å². The van der Waals surface area contributed by atoms with Crippen molar-refractivity contribution >= 4 is 11.8 Å². The number of nitrogens with zero attached hydrogens (tertiary/aromatic N) is 2. The Morgan fingerprint density at radius 2 is 2.28 bits per heavy atom. The van der Waals surface area contributed by atoms with Gasteiger partial charge in [-0.25, -0.2) is 14.8 Å². The molecule has 1 atom stereocenters. The molecule has 0 aliphatic rings. The predicted molar refractivity (Wildman–Crippen MR) is 64.5 cm³/mol. The number of nitrogens with one attached hydrogen (secondary N) is 1. The molecule has 1 rings (SSSR count). The van der Waals surface area contributed by atoms with Crippen LogP contribution < -0.4 is 5.32 Å². The average molecular weight is 255 g/mol. The first-order valence-corrected chi connectivity index (χ1v) is 5.41. The minimum absolute atomic E-state index is 0.199. The van der Waals surface area contributed by atoms with Crippen molar-refractivity contribution < 1.29 is 19.4 Å². The third kappa shape index (κ3) is 3.94. The fourth-order valence-corrected chi connectivity index (χ4v) is 1.33. The molecule has 100 valence electrons. The number of ether oxygens (including phenoxy) is 2. The summed E-state index contributed by atoms with van der Waals surface area (Å²) in [4.78, 5) is 19.5. The van der Waals surface area contributed by atoms with E-state index in [4.69, 9.17) is 4.74 Å². The van der Waals surface area contributed by atoms with Gasteiger partial charge in [0, 0.05) is 19.9 Å². The minimum atomic E-state index is -0.684. The molecule has 0 spiro atoms. The number of methoxy groups -OCH3 is 2. The molecule has 0 amide bonds. The molecule has 2 N–H and O–H groups in total. The summed E-state index contributed by atoms with van der Waals surface area (Å²) in [6.45, 7) is 2.12. The molecule has 1 heterocycles. The third-order valence-electron chi connectivity index (χ3n) is 2.18. The summed E-state index contributed by atoms with van der Waals surface area (Å²) in [5, 5.41) is 12.4. The van der Waals surface area contributed by atoms with Crippen LogP contribution in [-0.2, 0) is 9.47 Å². The highest BCUT2D eigenvalue weighted by atomic mass is 16.5. The number of anilines is 1. The van der Waals surface area contributed by atoms with Crippen LogP contribution in [0.3, 0.4) is 0 Å². The Hall–Kier alpha value is -1.73. The smallest absolute Gasteiger partial charge is 0.343 e. The minimum Gasteiger partial charge on any atom is -0.465 e. The number of aromatic nitrogens is 2. The number of carbonyl (C=O) groups is 1. The van der Waals surface area contributed by atoms with Gasteiger partial charge in [-0.3, -0.25) is 0 Å². The summed E-state index contributed by atoms with van der Waals surface area (Å²) in [5.74, 6) is 0.328. The van der Waals surface area contributed by atoms with E-state index in [2.05, 4.69) is 20.0 Å². The molecule has 0 aliphatic heterocycles. The molecular formula is C11H17N3O4. The van der Waals surface area contributed by atoms with Gasteiger partial charge in [0.25, 0.3) is 0 Å². The Morgan fingerprint density at radius 3 is 2.89 bits per heavy atom. The lowest BCUT2D eigenvalue weighted by atomic mass is 10.3. The number of esters is 1. The SMILES string of the molecule is COCC(O)CNc1nc(C)ncc1C(=O)OC. The molecule has 1 aromatic rings. The molecule has 1 aromatic heterocycles. The highest BCUT2D eigenvalue weighted by molar-refractivity contribution is 5.94. The van der Waals surface area contributed by atoms with E-state index in [0.29, 0.717) is 11.6 Å². The van der Waals surface area contributed by atoms with E-state index in [1.165, 1.54) is 20.4 Å². The van der Waals surface area contributed by atoms with Crippen LogP contribution in [0.4, 0.5) is 5.82 Å². The Bertz CT molecular complexity index is 411. The second kappa shape index (κ2) is 6.87. The van der Waals surface area contributed by atoms with Gasteiger partial charge < -0.3 is 19.9 Å². The van der Waals surface area contributed by atoms with Crippen LogP contribution in [-0.4, -0.2) is 54.5 Å². The molecule has 0 bridgehead atoms. The monoisotopic (exact) mass is 255 g/mol.